The molecular weight excluding hydrogens is 292 g/mol. The van der Waals surface area contributed by atoms with Crippen molar-refractivity contribution in [3.05, 3.63) is 17.7 Å². The highest BCUT2D eigenvalue weighted by molar-refractivity contribution is 5.56. The second-order valence-electron chi connectivity index (χ2n) is 6.40. The van der Waals surface area contributed by atoms with Crippen LogP contribution in [0.5, 0.6) is 17.2 Å². The minimum atomic E-state index is 0.388. The van der Waals surface area contributed by atoms with E-state index in [0.29, 0.717) is 11.8 Å². The number of nitrogens with one attached hydrogen (secondary N) is 1. The third kappa shape index (κ3) is 3.56. The highest BCUT2D eigenvalue weighted by Crippen LogP contribution is 2.47. The Balaban J connectivity index is 1.96. The Hall–Kier alpha value is -1.46. The molecule has 2 aliphatic rings. The van der Waals surface area contributed by atoms with E-state index in [4.69, 9.17) is 14.2 Å². The Bertz CT molecular complexity index is 525. The molecule has 1 aromatic rings. The summed E-state index contributed by atoms with van der Waals surface area (Å²) in [6.45, 7) is 4.26. The van der Waals surface area contributed by atoms with Crippen molar-refractivity contribution < 1.29 is 14.2 Å². The van der Waals surface area contributed by atoms with Gasteiger partial charge in [-0.3, -0.25) is 4.90 Å². The van der Waals surface area contributed by atoms with Gasteiger partial charge in [0.25, 0.3) is 0 Å². The average Bonchev–Trinajstić information content (AvgIpc) is 3.43. The maximum absolute atomic E-state index is 5.74. The van der Waals surface area contributed by atoms with Gasteiger partial charge in [-0.15, -0.1) is 0 Å². The lowest BCUT2D eigenvalue weighted by Gasteiger charge is -2.36. The van der Waals surface area contributed by atoms with Gasteiger partial charge in [0, 0.05) is 37.8 Å². The van der Waals surface area contributed by atoms with Crippen molar-refractivity contribution in [2.24, 2.45) is 5.92 Å². The van der Waals surface area contributed by atoms with Crippen LogP contribution < -0.4 is 19.5 Å². The van der Waals surface area contributed by atoms with E-state index in [0.717, 1.165) is 43.6 Å². The molecule has 0 unspecified atom stereocenters. The molecule has 0 amide bonds. The molecule has 0 bridgehead atoms. The number of piperazine rings is 1. The number of rotatable bonds is 7. The fourth-order valence-electron chi connectivity index (χ4n) is 3.52. The van der Waals surface area contributed by atoms with Crippen LogP contribution in [0.4, 0.5) is 0 Å². The van der Waals surface area contributed by atoms with Gasteiger partial charge < -0.3 is 19.5 Å². The summed E-state index contributed by atoms with van der Waals surface area (Å²) < 4.78 is 16.7. The van der Waals surface area contributed by atoms with Crippen LogP contribution in [-0.4, -0.2) is 52.4 Å². The maximum atomic E-state index is 5.74. The van der Waals surface area contributed by atoms with Crippen molar-refractivity contribution in [1.82, 2.24) is 10.2 Å². The zero-order valence-electron chi connectivity index (χ0n) is 14.4. The summed E-state index contributed by atoms with van der Waals surface area (Å²) in [6.07, 6.45) is 3.92. The lowest BCUT2D eigenvalue weighted by atomic mass is 9.97. The van der Waals surface area contributed by atoms with Crippen LogP contribution in [0.3, 0.4) is 0 Å². The quantitative estimate of drug-likeness (QED) is 0.836. The van der Waals surface area contributed by atoms with E-state index in [1.54, 1.807) is 21.3 Å². The van der Waals surface area contributed by atoms with Gasteiger partial charge in [0.05, 0.1) is 21.3 Å². The summed E-state index contributed by atoms with van der Waals surface area (Å²) in [6, 6.07) is 4.54. The zero-order chi connectivity index (χ0) is 16.2. The molecule has 23 heavy (non-hydrogen) atoms. The smallest absolute Gasteiger partial charge is 0.203 e. The first kappa shape index (κ1) is 16.4. The van der Waals surface area contributed by atoms with Crippen molar-refractivity contribution in [3.8, 4) is 17.2 Å². The van der Waals surface area contributed by atoms with Crippen LogP contribution in [0.2, 0.25) is 0 Å². The number of hydrogen-bond donors (Lipinski definition) is 1. The fraction of sp³-hybridized carbons (Fsp3) is 0.667. The third-order valence-corrected chi connectivity index (χ3v) is 4.94. The van der Waals surface area contributed by atoms with E-state index in [1.165, 1.54) is 24.8 Å². The number of ether oxygens (including phenoxy) is 3. The molecule has 1 atom stereocenters. The Kier molecular flexibility index (Phi) is 5.28. The summed E-state index contributed by atoms with van der Waals surface area (Å²) in [5.41, 5.74) is 1.22. The molecule has 1 saturated heterocycles. The van der Waals surface area contributed by atoms with E-state index in [1.807, 2.05) is 6.07 Å². The van der Waals surface area contributed by atoms with E-state index < -0.39 is 0 Å². The van der Waals surface area contributed by atoms with Crippen molar-refractivity contribution in [3.63, 3.8) is 0 Å². The first-order valence-electron chi connectivity index (χ1n) is 8.52. The second-order valence-corrected chi connectivity index (χ2v) is 6.40. The summed E-state index contributed by atoms with van der Waals surface area (Å²) in [5, 5.41) is 3.44. The summed E-state index contributed by atoms with van der Waals surface area (Å²) >= 11 is 0. The summed E-state index contributed by atoms with van der Waals surface area (Å²) in [5.74, 6) is 3.09. The molecule has 0 radical (unpaired) electrons. The first-order valence-corrected chi connectivity index (χ1v) is 8.52. The Labute approximate surface area is 138 Å². The van der Waals surface area contributed by atoms with Crippen molar-refractivity contribution >= 4 is 0 Å². The molecule has 5 heteroatoms. The number of nitrogens with zero attached hydrogens (tertiary/aromatic N) is 1. The van der Waals surface area contributed by atoms with Gasteiger partial charge in [-0.05, 0) is 24.5 Å². The molecular formula is C18H28N2O3. The third-order valence-electron chi connectivity index (χ3n) is 4.94. The van der Waals surface area contributed by atoms with E-state index in [2.05, 4.69) is 16.3 Å². The SMILES string of the molecule is COc1ccc([C@@H](CC2CC2)N2CCNCC2)c(OC)c1OC. The van der Waals surface area contributed by atoms with Crippen LogP contribution in [0, 0.1) is 5.92 Å². The van der Waals surface area contributed by atoms with Crippen LogP contribution >= 0.6 is 0 Å². The van der Waals surface area contributed by atoms with E-state index in [-0.39, 0.29) is 0 Å². The van der Waals surface area contributed by atoms with Gasteiger partial charge in [0.15, 0.2) is 11.5 Å². The topological polar surface area (TPSA) is 43.0 Å². The molecule has 0 aromatic heterocycles. The Morgan fingerprint density at radius 3 is 2.30 bits per heavy atom. The monoisotopic (exact) mass is 320 g/mol. The molecule has 1 heterocycles. The van der Waals surface area contributed by atoms with Crippen molar-refractivity contribution in [1.29, 1.82) is 0 Å². The predicted molar refractivity (Wildman–Crippen MR) is 90.6 cm³/mol. The van der Waals surface area contributed by atoms with Crippen LogP contribution in [0.15, 0.2) is 12.1 Å². The van der Waals surface area contributed by atoms with Gasteiger partial charge in [-0.2, -0.15) is 0 Å². The van der Waals surface area contributed by atoms with E-state index >= 15 is 0 Å². The average molecular weight is 320 g/mol. The van der Waals surface area contributed by atoms with Crippen molar-refractivity contribution in [2.75, 3.05) is 47.5 Å². The standard InChI is InChI=1S/C18H28N2O3/c1-21-16-7-6-14(17(22-2)18(16)23-3)15(12-13-4-5-13)20-10-8-19-9-11-20/h6-7,13,15,19H,4-5,8-12H2,1-3H3/t15-/m1/s1. The lowest BCUT2D eigenvalue weighted by molar-refractivity contribution is 0.157. The zero-order valence-corrected chi connectivity index (χ0v) is 14.4. The molecule has 1 aliphatic carbocycles. The second kappa shape index (κ2) is 7.41. The number of methoxy groups -OCH3 is 3. The summed E-state index contributed by atoms with van der Waals surface area (Å²) in [7, 11) is 5.05. The van der Waals surface area contributed by atoms with Gasteiger partial charge in [-0.25, -0.2) is 0 Å². The van der Waals surface area contributed by atoms with Crippen LogP contribution in [0.1, 0.15) is 30.9 Å². The molecule has 128 valence electrons. The van der Waals surface area contributed by atoms with Crippen LogP contribution in [-0.2, 0) is 0 Å². The van der Waals surface area contributed by atoms with Crippen molar-refractivity contribution in [2.45, 2.75) is 25.3 Å². The lowest BCUT2D eigenvalue weighted by Crippen LogP contribution is -2.45. The summed E-state index contributed by atoms with van der Waals surface area (Å²) in [4.78, 5) is 2.58. The first-order chi connectivity index (χ1) is 11.3. The van der Waals surface area contributed by atoms with Gasteiger partial charge in [-0.1, -0.05) is 12.8 Å². The number of benzene rings is 1. The van der Waals surface area contributed by atoms with Gasteiger partial charge in [0.2, 0.25) is 5.75 Å². The van der Waals surface area contributed by atoms with Crippen LogP contribution in [0.25, 0.3) is 0 Å². The molecule has 3 rings (SSSR count). The molecule has 1 aliphatic heterocycles. The fourth-order valence-corrected chi connectivity index (χ4v) is 3.52. The van der Waals surface area contributed by atoms with Gasteiger partial charge in [0.1, 0.15) is 0 Å². The Morgan fingerprint density at radius 2 is 1.74 bits per heavy atom. The molecule has 5 nitrogen and oxygen atoms in total. The molecule has 1 N–H and O–H groups in total. The molecule has 2 fully saturated rings. The van der Waals surface area contributed by atoms with E-state index in [9.17, 15) is 0 Å². The maximum Gasteiger partial charge on any atom is 0.203 e. The minimum absolute atomic E-state index is 0.388. The van der Waals surface area contributed by atoms with Gasteiger partial charge >= 0.3 is 0 Å². The Morgan fingerprint density at radius 1 is 1.04 bits per heavy atom. The molecule has 0 spiro atoms. The predicted octanol–water partition coefficient (Wildman–Crippen LogP) is 2.46. The minimum Gasteiger partial charge on any atom is -0.493 e. The number of hydrogen-bond acceptors (Lipinski definition) is 5. The highest BCUT2D eigenvalue weighted by atomic mass is 16.5. The highest BCUT2D eigenvalue weighted by Gasteiger charge is 2.33. The largest absolute Gasteiger partial charge is 0.493 e. The normalized spacial score (nSPS) is 20.1. The molecule has 1 saturated carbocycles. The molecule has 1 aromatic carbocycles.